The summed E-state index contributed by atoms with van der Waals surface area (Å²) in [6.07, 6.45) is -1.17. The molecule has 23 heavy (non-hydrogen) atoms. The number of esters is 1. The lowest BCUT2D eigenvalue weighted by molar-refractivity contribution is -0.148. The summed E-state index contributed by atoms with van der Waals surface area (Å²) in [4.78, 5) is 48.5. The van der Waals surface area contributed by atoms with Crippen LogP contribution in [-0.2, 0) is 19.1 Å². The molecule has 0 N–H and O–H groups in total. The molecule has 7 heteroatoms. The number of nitrogens with zero attached hydrogens (tertiary/aromatic N) is 1. The summed E-state index contributed by atoms with van der Waals surface area (Å²) < 4.78 is 9.35. The van der Waals surface area contributed by atoms with Gasteiger partial charge >= 0.3 is 12.1 Å². The number of methoxy groups -OCH3 is 1. The van der Waals surface area contributed by atoms with Crippen molar-refractivity contribution < 1.29 is 28.7 Å². The Morgan fingerprint density at radius 1 is 1.22 bits per heavy atom. The highest BCUT2D eigenvalue weighted by Gasteiger charge is 2.33. The third-order valence-electron chi connectivity index (χ3n) is 3.54. The highest BCUT2D eigenvalue weighted by molar-refractivity contribution is 6.00. The molecule has 1 heterocycles. The third-order valence-corrected chi connectivity index (χ3v) is 3.54. The number of carbonyl (C=O) groups excluding carboxylic acids is 4. The van der Waals surface area contributed by atoms with E-state index in [2.05, 4.69) is 9.47 Å². The lowest BCUT2D eigenvalue weighted by Crippen LogP contribution is -2.35. The second kappa shape index (κ2) is 7.53. The molecule has 1 atom stereocenters. The minimum absolute atomic E-state index is 0.135. The van der Waals surface area contributed by atoms with Crippen molar-refractivity contribution in [2.24, 2.45) is 5.92 Å². The predicted octanol–water partition coefficient (Wildman–Crippen LogP) is 1.42. The summed E-state index contributed by atoms with van der Waals surface area (Å²) in [6.45, 7) is 0.286. The van der Waals surface area contributed by atoms with Crippen molar-refractivity contribution in [1.82, 2.24) is 4.90 Å². The van der Waals surface area contributed by atoms with Gasteiger partial charge in [0.15, 0.2) is 5.78 Å². The van der Waals surface area contributed by atoms with Gasteiger partial charge in [-0.25, -0.2) is 9.69 Å². The number of hydrogen-bond acceptors (Lipinski definition) is 6. The molecule has 1 aromatic rings. The first-order valence-electron chi connectivity index (χ1n) is 7.16. The Morgan fingerprint density at radius 2 is 1.91 bits per heavy atom. The molecular weight excluding hydrogens is 302 g/mol. The van der Waals surface area contributed by atoms with Gasteiger partial charge in [-0.1, -0.05) is 30.3 Å². The Bertz CT molecular complexity index is 612. The zero-order valence-corrected chi connectivity index (χ0v) is 12.7. The first kappa shape index (κ1) is 16.7. The van der Waals surface area contributed by atoms with E-state index in [-0.39, 0.29) is 31.8 Å². The van der Waals surface area contributed by atoms with Crippen molar-refractivity contribution in [3.05, 3.63) is 35.9 Å². The molecule has 2 rings (SSSR count). The van der Waals surface area contributed by atoms with E-state index in [9.17, 15) is 19.2 Å². The van der Waals surface area contributed by atoms with Crippen molar-refractivity contribution >= 4 is 23.8 Å². The van der Waals surface area contributed by atoms with E-state index in [1.165, 1.54) is 7.11 Å². The number of ether oxygens (including phenoxy) is 2. The van der Waals surface area contributed by atoms with Crippen LogP contribution in [0.1, 0.15) is 23.2 Å². The highest BCUT2D eigenvalue weighted by atomic mass is 16.6. The number of ketones is 1. The molecule has 1 aromatic carbocycles. The molecule has 1 aliphatic heterocycles. The van der Waals surface area contributed by atoms with Crippen LogP contribution in [0.5, 0.6) is 0 Å². The summed E-state index contributed by atoms with van der Waals surface area (Å²) in [5, 5.41) is 0. The van der Waals surface area contributed by atoms with Gasteiger partial charge < -0.3 is 9.47 Å². The van der Waals surface area contributed by atoms with E-state index in [1.54, 1.807) is 30.3 Å². The van der Waals surface area contributed by atoms with Crippen LogP contribution >= 0.6 is 0 Å². The summed E-state index contributed by atoms with van der Waals surface area (Å²) >= 11 is 0. The van der Waals surface area contributed by atoms with Crippen molar-refractivity contribution in [2.45, 2.75) is 12.8 Å². The number of imide groups is 1. The fourth-order valence-corrected chi connectivity index (χ4v) is 2.31. The number of amides is 2. The quantitative estimate of drug-likeness (QED) is 0.582. The van der Waals surface area contributed by atoms with Gasteiger partial charge in [0.25, 0.3) is 0 Å². The smallest absolute Gasteiger partial charge is 0.416 e. The maximum absolute atomic E-state index is 12.2. The fourth-order valence-electron chi connectivity index (χ4n) is 2.31. The SMILES string of the molecule is COC(=O)[C@H](CC(=O)c1ccccc1)CC(=O)N1CCOC1=O. The van der Waals surface area contributed by atoms with Crippen molar-refractivity contribution in [3.63, 3.8) is 0 Å². The van der Waals surface area contributed by atoms with Gasteiger partial charge in [0.1, 0.15) is 6.61 Å². The molecule has 0 aliphatic carbocycles. The van der Waals surface area contributed by atoms with Gasteiger partial charge in [0.05, 0.1) is 19.6 Å². The third kappa shape index (κ3) is 4.15. The van der Waals surface area contributed by atoms with Gasteiger partial charge in [0.2, 0.25) is 5.91 Å². The number of benzene rings is 1. The Balaban J connectivity index is 2.05. The normalized spacial score (nSPS) is 15.0. The van der Waals surface area contributed by atoms with Crippen molar-refractivity contribution in [2.75, 3.05) is 20.3 Å². The Labute approximate surface area is 133 Å². The fraction of sp³-hybridized carbons (Fsp3) is 0.375. The largest absolute Gasteiger partial charge is 0.469 e. The number of hydrogen-bond donors (Lipinski definition) is 0. The van der Waals surface area contributed by atoms with Crippen LogP contribution in [0.2, 0.25) is 0 Å². The van der Waals surface area contributed by atoms with Gasteiger partial charge in [0, 0.05) is 18.4 Å². The second-order valence-corrected chi connectivity index (χ2v) is 5.08. The van der Waals surface area contributed by atoms with E-state index in [4.69, 9.17) is 0 Å². The molecule has 0 aromatic heterocycles. The maximum Gasteiger partial charge on any atom is 0.416 e. The van der Waals surface area contributed by atoms with Gasteiger partial charge in [-0.3, -0.25) is 14.4 Å². The van der Waals surface area contributed by atoms with E-state index < -0.39 is 23.9 Å². The Hall–Kier alpha value is -2.70. The topological polar surface area (TPSA) is 90.0 Å². The van der Waals surface area contributed by atoms with E-state index in [1.807, 2.05) is 0 Å². The molecule has 1 aliphatic rings. The molecule has 2 amide bonds. The molecule has 122 valence electrons. The van der Waals surface area contributed by atoms with Crippen LogP contribution in [0.4, 0.5) is 4.79 Å². The molecule has 1 fully saturated rings. The molecule has 0 bridgehead atoms. The molecule has 7 nitrogen and oxygen atoms in total. The molecule has 0 radical (unpaired) electrons. The zero-order chi connectivity index (χ0) is 16.8. The number of cyclic esters (lactones) is 1. The maximum atomic E-state index is 12.2. The highest BCUT2D eigenvalue weighted by Crippen LogP contribution is 2.18. The Kier molecular flexibility index (Phi) is 5.46. The number of carbonyl (C=O) groups is 4. The molecule has 0 unspecified atom stereocenters. The molecular formula is C16H17NO6. The predicted molar refractivity (Wildman–Crippen MR) is 78.6 cm³/mol. The monoisotopic (exact) mass is 319 g/mol. The average Bonchev–Trinajstić information content (AvgIpc) is 3.00. The summed E-state index contributed by atoms with van der Waals surface area (Å²) in [5.74, 6) is -2.41. The zero-order valence-electron chi connectivity index (χ0n) is 12.7. The van der Waals surface area contributed by atoms with Crippen LogP contribution in [0.15, 0.2) is 30.3 Å². The second-order valence-electron chi connectivity index (χ2n) is 5.08. The lowest BCUT2D eigenvalue weighted by Gasteiger charge is -2.16. The van der Waals surface area contributed by atoms with Crippen LogP contribution in [0.25, 0.3) is 0 Å². The number of rotatable bonds is 6. The van der Waals surface area contributed by atoms with Gasteiger partial charge in [-0.2, -0.15) is 0 Å². The first-order chi connectivity index (χ1) is 11.0. The number of Topliss-reactive ketones (excluding diaryl/α,β-unsaturated/α-hetero) is 1. The standard InChI is InChI=1S/C16H17NO6/c1-22-15(20)12(9-13(18)11-5-3-2-4-6-11)10-14(19)17-7-8-23-16(17)21/h2-6,12H,7-10H2,1H3/t12-/m1/s1. The molecule has 0 saturated carbocycles. The molecule has 1 saturated heterocycles. The van der Waals surface area contributed by atoms with E-state index in [0.29, 0.717) is 5.56 Å². The van der Waals surface area contributed by atoms with E-state index >= 15 is 0 Å². The Morgan fingerprint density at radius 3 is 2.48 bits per heavy atom. The summed E-state index contributed by atoms with van der Waals surface area (Å²) in [7, 11) is 1.19. The van der Waals surface area contributed by atoms with Gasteiger partial charge in [-0.15, -0.1) is 0 Å². The summed E-state index contributed by atoms with van der Waals surface area (Å²) in [6, 6.07) is 8.47. The van der Waals surface area contributed by atoms with Crippen LogP contribution in [0, 0.1) is 5.92 Å². The van der Waals surface area contributed by atoms with Crippen LogP contribution < -0.4 is 0 Å². The summed E-state index contributed by atoms with van der Waals surface area (Å²) in [5.41, 5.74) is 0.453. The first-order valence-corrected chi connectivity index (χ1v) is 7.16. The minimum atomic E-state index is -0.936. The van der Waals surface area contributed by atoms with Crippen molar-refractivity contribution in [3.8, 4) is 0 Å². The lowest BCUT2D eigenvalue weighted by atomic mass is 9.95. The van der Waals surface area contributed by atoms with E-state index in [0.717, 1.165) is 4.90 Å². The van der Waals surface area contributed by atoms with Crippen LogP contribution in [0.3, 0.4) is 0 Å². The molecule has 0 spiro atoms. The van der Waals surface area contributed by atoms with Crippen molar-refractivity contribution in [1.29, 1.82) is 0 Å². The minimum Gasteiger partial charge on any atom is -0.469 e. The van der Waals surface area contributed by atoms with Gasteiger partial charge in [-0.05, 0) is 0 Å². The van der Waals surface area contributed by atoms with Crippen LogP contribution in [-0.4, -0.2) is 48.9 Å². The average molecular weight is 319 g/mol.